The Bertz CT molecular complexity index is 1030. The van der Waals surface area contributed by atoms with Gasteiger partial charge < -0.3 is 5.32 Å². The lowest BCUT2D eigenvalue weighted by Crippen LogP contribution is -2.33. The Morgan fingerprint density at radius 1 is 0.935 bits per heavy atom. The summed E-state index contributed by atoms with van der Waals surface area (Å²) in [5, 5.41) is 3.07. The minimum Gasteiger partial charge on any atom is -0.321 e. The number of para-hydroxylation sites is 1. The smallest absolute Gasteiger partial charge is 0.255 e. The van der Waals surface area contributed by atoms with E-state index in [4.69, 9.17) is 0 Å². The summed E-state index contributed by atoms with van der Waals surface area (Å²) in [6.45, 7) is 4.14. The molecule has 5 nitrogen and oxygen atoms in total. The molecular formula is C26H28N2O3. The molecule has 2 aliphatic carbocycles. The van der Waals surface area contributed by atoms with Gasteiger partial charge in [-0.3, -0.25) is 19.3 Å². The maximum absolute atomic E-state index is 13.1. The highest BCUT2D eigenvalue weighted by atomic mass is 16.2. The van der Waals surface area contributed by atoms with Gasteiger partial charge in [-0.15, -0.1) is 0 Å². The molecule has 0 unspecified atom stereocenters. The van der Waals surface area contributed by atoms with Crippen molar-refractivity contribution in [1.82, 2.24) is 0 Å². The summed E-state index contributed by atoms with van der Waals surface area (Å²) in [6, 6.07) is 13.0. The number of carbonyl (C=O) groups is 3. The molecule has 0 aromatic heterocycles. The molecule has 160 valence electrons. The van der Waals surface area contributed by atoms with Crippen LogP contribution in [-0.4, -0.2) is 17.7 Å². The molecule has 1 saturated heterocycles. The third kappa shape index (κ3) is 3.10. The zero-order chi connectivity index (χ0) is 21.7. The highest BCUT2D eigenvalue weighted by molar-refractivity contribution is 6.23. The van der Waals surface area contributed by atoms with E-state index in [0.717, 1.165) is 48.9 Å². The van der Waals surface area contributed by atoms with Crippen LogP contribution in [0, 0.1) is 23.7 Å². The van der Waals surface area contributed by atoms with Crippen molar-refractivity contribution in [2.45, 2.75) is 46.0 Å². The summed E-state index contributed by atoms with van der Waals surface area (Å²) < 4.78 is 0. The van der Waals surface area contributed by atoms with Crippen LogP contribution in [-0.2, 0) is 22.4 Å². The summed E-state index contributed by atoms with van der Waals surface area (Å²) in [5.74, 6) is -0.00745. The van der Waals surface area contributed by atoms with Crippen LogP contribution >= 0.6 is 0 Å². The van der Waals surface area contributed by atoms with E-state index in [-0.39, 0.29) is 29.6 Å². The number of benzene rings is 2. The minimum absolute atomic E-state index is 0.0793. The molecule has 1 aliphatic heterocycles. The molecule has 4 atom stereocenters. The molecule has 5 heteroatoms. The Kier molecular flexibility index (Phi) is 4.92. The van der Waals surface area contributed by atoms with E-state index in [1.807, 2.05) is 18.2 Å². The quantitative estimate of drug-likeness (QED) is 0.725. The molecule has 1 N–H and O–H groups in total. The van der Waals surface area contributed by atoms with Crippen LogP contribution in [0.25, 0.3) is 0 Å². The second kappa shape index (κ2) is 7.63. The normalized spacial score (nSPS) is 26.5. The van der Waals surface area contributed by atoms with E-state index in [2.05, 4.69) is 19.2 Å². The van der Waals surface area contributed by atoms with Crippen LogP contribution in [0.4, 0.5) is 11.4 Å². The van der Waals surface area contributed by atoms with Crippen molar-refractivity contribution < 1.29 is 14.4 Å². The molecule has 3 fully saturated rings. The molecule has 3 amide bonds. The number of rotatable bonds is 5. The standard InChI is InChI=1S/C26H28N2O3/c1-3-15-7-5-8-16(4-2)23(15)27-24(29)19-9-6-10-20(14-19)28-25(30)21-17-11-12-18(13-17)22(21)26(28)31/h5-10,14,17-18,21-22H,3-4,11-13H2,1-2H3,(H,27,29)/t17-,18-,21-,22+/m0/s1. The van der Waals surface area contributed by atoms with Crippen molar-refractivity contribution in [3.63, 3.8) is 0 Å². The van der Waals surface area contributed by atoms with Crippen LogP contribution in [0.1, 0.15) is 54.6 Å². The average molecular weight is 417 g/mol. The number of amides is 3. The summed E-state index contributed by atoms with van der Waals surface area (Å²) in [6.07, 6.45) is 4.77. The average Bonchev–Trinajstić information content (AvgIpc) is 3.47. The maximum Gasteiger partial charge on any atom is 0.255 e. The lowest BCUT2D eigenvalue weighted by atomic mass is 9.81. The lowest BCUT2D eigenvalue weighted by molar-refractivity contribution is -0.123. The van der Waals surface area contributed by atoms with E-state index in [9.17, 15) is 14.4 Å². The second-order valence-electron chi connectivity index (χ2n) is 9.06. The van der Waals surface area contributed by atoms with Crippen LogP contribution in [0.2, 0.25) is 0 Å². The van der Waals surface area contributed by atoms with E-state index in [1.165, 1.54) is 4.90 Å². The van der Waals surface area contributed by atoms with Crippen LogP contribution in [0.5, 0.6) is 0 Å². The van der Waals surface area contributed by atoms with Gasteiger partial charge in [0.1, 0.15) is 0 Å². The SMILES string of the molecule is CCc1cccc(CC)c1NC(=O)c1cccc(N2C(=O)[C@@H]3[C@H]4CC[C@@H](C4)[C@@H]3C2=O)c1. The van der Waals surface area contributed by atoms with Gasteiger partial charge in [0.15, 0.2) is 0 Å². The predicted molar refractivity (Wildman–Crippen MR) is 120 cm³/mol. The van der Waals surface area contributed by atoms with Gasteiger partial charge in [-0.05, 0) is 73.3 Å². The Morgan fingerprint density at radius 3 is 2.10 bits per heavy atom. The third-order valence-corrected chi connectivity index (χ3v) is 7.53. The molecule has 5 rings (SSSR count). The van der Waals surface area contributed by atoms with Crippen molar-refractivity contribution in [1.29, 1.82) is 0 Å². The number of aryl methyl sites for hydroxylation is 2. The Balaban J connectivity index is 1.42. The van der Waals surface area contributed by atoms with Gasteiger partial charge in [0.2, 0.25) is 11.8 Å². The Labute approximate surface area is 182 Å². The Morgan fingerprint density at radius 2 is 1.52 bits per heavy atom. The van der Waals surface area contributed by atoms with Crippen molar-refractivity contribution in [3.05, 3.63) is 59.2 Å². The summed E-state index contributed by atoms with van der Waals surface area (Å²) in [4.78, 5) is 40.7. The number of imide groups is 1. The van der Waals surface area contributed by atoms with E-state index in [0.29, 0.717) is 23.1 Å². The van der Waals surface area contributed by atoms with Crippen LogP contribution in [0.15, 0.2) is 42.5 Å². The van der Waals surface area contributed by atoms with Gasteiger partial charge in [0.25, 0.3) is 5.91 Å². The zero-order valence-electron chi connectivity index (χ0n) is 18.1. The summed E-state index contributed by atoms with van der Waals surface area (Å²) in [7, 11) is 0. The summed E-state index contributed by atoms with van der Waals surface area (Å²) in [5.41, 5.74) is 4.01. The molecule has 31 heavy (non-hydrogen) atoms. The predicted octanol–water partition coefficient (Wildman–Crippen LogP) is 4.60. The molecule has 2 bridgehead atoms. The van der Waals surface area contributed by atoms with Crippen LogP contribution < -0.4 is 10.2 Å². The number of hydrogen-bond donors (Lipinski definition) is 1. The van der Waals surface area contributed by atoms with Gasteiger partial charge in [-0.2, -0.15) is 0 Å². The largest absolute Gasteiger partial charge is 0.321 e. The van der Waals surface area contributed by atoms with Gasteiger partial charge >= 0.3 is 0 Å². The molecular weight excluding hydrogens is 388 g/mol. The third-order valence-electron chi connectivity index (χ3n) is 7.53. The van der Waals surface area contributed by atoms with Gasteiger partial charge in [0.05, 0.1) is 17.5 Å². The highest BCUT2D eigenvalue weighted by Crippen LogP contribution is 2.56. The first kappa shape index (κ1) is 20.0. The molecule has 1 heterocycles. The highest BCUT2D eigenvalue weighted by Gasteiger charge is 2.61. The molecule has 3 aliphatic rings. The van der Waals surface area contributed by atoms with E-state index >= 15 is 0 Å². The fraction of sp³-hybridized carbons (Fsp3) is 0.423. The number of carbonyl (C=O) groups excluding carboxylic acids is 3. The van der Waals surface area contributed by atoms with Gasteiger partial charge in [-0.1, -0.05) is 38.1 Å². The van der Waals surface area contributed by atoms with E-state index < -0.39 is 0 Å². The maximum atomic E-state index is 13.1. The monoisotopic (exact) mass is 416 g/mol. The van der Waals surface area contributed by atoms with Crippen LogP contribution in [0.3, 0.4) is 0 Å². The Hall–Kier alpha value is -2.95. The first-order chi connectivity index (χ1) is 15.0. The number of nitrogens with zero attached hydrogens (tertiary/aromatic N) is 1. The molecule has 2 aromatic carbocycles. The molecule has 0 radical (unpaired) electrons. The fourth-order valence-electron chi connectivity index (χ4n) is 6.04. The lowest BCUT2D eigenvalue weighted by Gasteiger charge is -2.19. The van der Waals surface area contributed by atoms with Gasteiger partial charge in [0, 0.05) is 11.3 Å². The van der Waals surface area contributed by atoms with Gasteiger partial charge in [-0.25, -0.2) is 0 Å². The zero-order valence-corrected chi connectivity index (χ0v) is 18.1. The van der Waals surface area contributed by atoms with Crippen molar-refractivity contribution >= 4 is 29.1 Å². The number of nitrogens with one attached hydrogen (secondary N) is 1. The molecule has 2 aromatic rings. The summed E-state index contributed by atoms with van der Waals surface area (Å²) >= 11 is 0. The molecule has 0 spiro atoms. The minimum atomic E-state index is -0.225. The van der Waals surface area contributed by atoms with Crippen molar-refractivity contribution in [2.24, 2.45) is 23.7 Å². The molecule has 2 saturated carbocycles. The fourth-order valence-corrected chi connectivity index (χ4v) is 6.04. The first-order valence-corrected chi connectivity index (χ1v) is 11.4. The first-order valence-electron chi connectivity index (χ1n) is 11.4. The topological polar surface area (TPSA) is 66.5 Å². The van der Waals surface area contributed by atoms with E-state index in [1.54, 1.807) is 24.3 Å². The number of hydrogen-bond acceptors (Lipinski definition) is 3. The van der Waals surface area contributed by atoms with Crippen molar-refractivity contribution in [3.8, 4) is 0 Å². The number of anilines is 2. The van der Waals surface area contributed by atoms with Crippen molar-refractivity contribution in [2.75, 3.05) is 10.2 Å². The number of fused-ring (bicyclic) bond motifs is 5. The second-order valence-corrected chi connectivity index (χ2v) is 9.06.